The number of benzene rings is 3. The van der Waals surface area contributed by atoms with Crippen molar-refractivity contribution in [3.05, 3.63) is 82.9 Å². The number of sulfonamides is 1. The van der Waals surface area contributed by atoms with Gasteiger partial charge in [0.25, 0.3) is 15.9 Å². The summed E-state index contributed by atoms with van der Waals surface area (Å²) >= 11 is 5.71. The van der Waals surface area contributed by atoms with E-state index in [0.717, 1.165) is 18.6 Å². The van der Waals surface area contributed by atoms with Crippen molar-refractivity contribution in [3.63, 3.8) is 0 Å². The first-order valence-electron chi connectivity index (χ1n) is 12.1. The molecule has 0 saturated carbocycles. The van der Waals surface area contributed by atoms with E-state index in [1.807, 2.05) is 13.8 Å². The third-order valence-electron chi connectivity index (χ3n) is 5.29. The first-order valence-corrected chi connectivity index (χ1v) is 13.9. The van der Waals surface area contributed by atoms with Crippen molar-refractivity contribution in [1.29, 1.82) is 0 Å². The van der Waals surface area contributed by atoms with Crippen LogP contribution in [0.3, 0.4) is 0 Å². The number of anilines is 1. The van der Waals surface area contributed by atoms with Crippen LogP contribution in [0.4, 0.5) is 18.9 Å². The molecular formula is C27H27ClF3N3O5S. The van der Waals surface area contributed by atoms with Gasteiger partial charge in [0.2, 0.25) is 0 Å². The van der Waals surface area contributed by atoms with Crippen LogP contribution in [0.5, 0.6) is 11.5 Å². The Morgan fingerprint density at radius 1 is 1.02 bits per heavy atom. The lowest BCUT2D eigenvalue weighted by atomic mass is 10.2. The van der Waals surface area contributed by atoms with Gasteiger partial charge >= 0.3 is 6.18 Å². The van der Waals surface area contributed by atoms with Gasteiger partial charge in [0, 0.05) is 0 Å². The van der Waals surface area contributed by atoms with Crippen molar-refractivity contribution >= 4 is 39.4 Å². The molecule has 40 heavy (non-hydrogen) atoms. The van der Waals surface area contributed by atoms with E-state index in [2.05, 4.69) is 10.5 Å². The second kappa shape index (κ2) is 13.5. The monoisotopic (exact) mass is 597 g/mol. The van der Waals surface area contributed by atoms with Gasteiger partial charge in [-0.05, 0) is 67.4 Å². The summed E-state index contributed by atoms with van der Waals surface area (Å²) < 4.78 is 79.1. The van der Waals surface area contributed by atoms with Gasteiger partial charge in [-0.1, -0.05) is 36.7 Å². The summed E-state index contributed by atoms with van der Waals surface area (Å²) in [4.78, 5) is 12.5. The minimum atomic E-state index is -4.85. The molecule has 0 radical (unpaired) electrons. The molecule has 0 aliphatic rings. The molecule has 3 aromatic rings. The first-order chi connectivity index (χ1) is 19.0. The molecule has 1 amide bonds. The van der Waals surface area contributed by atoms with Crippen molar-refractivity contribution in [3.8, 4) is 11.5 Å². The van der Waals surface area contributed by atoms with Crippen LogP contribution in [0.15, 0.2) is 76.7 Å². The number of nitrogens with zero attached hydrogens (tertiary/aromatic N) is 2. The topological polar surface area (TPSA) is 97.3 Å². The highest BCUT2D eigenvalue weighted by Gasteiger charge is 2.35. The number of nitrogens with one attached hydrogen (secondary N) is 1. The molecule has 0 aliphatic carbocycles. The molecule has 0 atom stereocenters. The molecule has 13 heteroatoms. The van der Waals surface area contributed by atoms with Crippen LogP contribution in [-0.2, 0) is 21.0 Å². The van der Waals surface area contributed by atoms with Gasteiger partial charge in [-0.2, -0.15) is 18.3 Å². The van der Waals surface area contributed by atoms with E-state index in [1.165, 1.54) is 30.5 Å². The van der Waals surface area contributed by atoms with Gasteiger partial charge in [0.15, 0.2) is 11.5 Å². The van der Waals surface area contributed by atoms with Gasteiger partial charge in [0.05, 0.1) is 40.6 Å². The molecular weight excluding hydrogens is 571 g/mol. The fourth-order valence-electron chi connectivity index (χ4n) is 3.47. The van der Waals surface area contributed by atoms with E-state index in [9.17, 15) is 26.4 Å². The highest BCUT2D eigenvalue weighted by Crippen LogP contribution is 2.38. The average molecular weight is 598 g/mol. The summed E-state index contributed by atoms with van der Waals surface area (Å²) in [6.07, 6.45) is -2.73. The van der Waals surface area contributed by atoms with Crippen LogP contribution in [0.1, 0.15) is 31.4 Å². The molecule has 0 saturated heterocycles. The Morgan fingerprint density at radius 2 is 1.75 bits per heavy atom. The number of carbonyl (C=O) groups excluding carboxylic acids is 1. The Hall–Kier alpha value is -3.77. The maximum Gasteiger partial charge on any atom is 0.417 e. The summed E-state index contributed by atoms with van der Waals surface area (Å²) in [6.45, 7) is 3.83. The van der Waals surface area contributed by atoms with Crippen LogP contribution in [0.2, 0.25) is 5.02 Å². The molecule has 0 unspecified atom stereocenters. The van der Waals surface area contributed by atoms with E-state index in [4.69, 9.17) is 21.1 Å². The fraction of sp³-hybridized carbons (Fsp3) is 0.259. The van der Waals surface area contributed by atoms with Gasteiger partial charge < -0.3 is 9.47 Å². The molecule has 0 heterocycles. The summed E-state index contributed by atoms with van der Waals surface area (Å²) in [7, 11) is -4.45. The third kappa shape index (κ3) is 7.89. The predicted octanol–water partition coefficient (Wildman–Crippen LogP) is 5.89. The summed E-state index contributed by atoms with van der Waals surface area (Å²) in [5.41, 5.74) is 1.13. The molecule has 3 rings (SSSR count). The molecule has 0 bridgehead atoms. The van der Waals surface area contributed by atoms with Gasteiger partial charge in [-0.3, -0.25) is 9.10 Å². The maximum atomic E-state index is 13.5. The molecule has 3 aromatic carbocycles. The van der Waals surface area contributed by atoms with Crippen LogP contribution < -0.4 is 19.2 Å². The molecule has 0 aromatic heterocycles. The number of hydrogen-bond donors (Lipinski definition) is 1. The lowest BCUT2D eigenvalue weighted by molar-refractivity contribution is -0.137. The molecule has 1 N–H and O–H groups in total. The molecule has 0 fully saturated rings. The number of amides is 1. The smallest absolute Gasteiger partial charge is 0.417 e. The van der Waals surface area contributed by atoms with E-state index in [-0.39, 0.29) is 4.90 Å². The number of hydrogen-bond acceptors (Lipinski definition) is 6. The number of ether oxygens (including phenoxy) is 2. The number of halogens is 4. The molecule has 214 valence electrons. The van der Waals surface area contributed by atoms with E-state index >= 15 is 0 Å². The van der Waals surface area contributed by atoms with Crippen LogP contribution in [0.25, 0.3) is 0 Å². The minimum absolute atomic E-state index is 0.219. The lowest BCUT2D eigenvalue weighted by Crippen LogP contribution is -2.39. The van der Waals surface area contributed by atoms with Gasteiger partial charge in [-0.15, -0.1) is 0 Å². The standard InChI is InChI=1S/C27H27ClF3N3O5S/c1-3-14-39-24-13-10-19(15-25(24)38-4-2)17-32-33-26(35)18-34(40(36,37)21-8-6-5-7-9-21)20-11-12-23(28)22(16-20)27(29,30)31/h5-13,15-17H,3-4,14,18H2,1-2H3,(H,33,35)/b32-17+. The Balaban J connectivity index is 1.87. The van der Waals surface area contributed by atoms with Crippen LogP contribution >= 0.6 is 11.6 Å². The zero-order valence-electron chi connectivity index (χ0n) is 21.6. The second-order valence-electron chi connectivity index (χ2n) is 8.27. The summed E-state index contributed by atoms with van der Waals surface area (Å²) in [5.74, 6) is 0.134. The van der Waals surface area contributed by atoms with Crippen molar-refractivity contribution in [2.75, 3.05) is 24.1 Å². The number of hydrazone groups is 1. The predicted molar refractivity (Wildman–Crippen MR) is 147 cm³/mol. The minimum Gasteiger partial charge on any atom is -0.490 e. The number of carbonyl (C=O) groups is 1. The third-order valence-corrected chi connectivity index (χ3v) is 7.41. The van der Waals surface area contributed by atoms with Crippen LogP contribution in [0, 0.1) is 0 Å². The normalized spacial score (nSPS) is 11.8. The molecule has 0 aliphatic heterocycles. The fourth-order valence-corrected chi connectivity index (χ4v) is 5.13. The summed E-state index contributed by atoms with van der Waals surface area (Å²) in [6, 6.07) is 14.6. The summed E-state index contributed by atoms with van der Waals surface area (Å²) in [5, 5.41) is 3.25. The highest BCUT2D eigenvalue weighted by molar-refractivity contribution is 7.92. The number of rotatable bonds is 12. The SMILES string of the molecule is CCCOc1ccc(/C=N/NC(=O)CN(c2ccc(Cl)c(C(F)(F)F)c2)S(=O)(=O)c2ccccc2)cc1OCC. The molecule has 0 spiro atoms. The average Bonchev–Trinajstić information content (AvgIpc) is 2.91. The van der Waals surface area contributed by atoms with E-state index in [0.29, 0.717) is 40.6 Å². The zero-order valence-corrected chi connectivity index (χ0v) is 23.2. The Kier molecular flexibility index (Phi) is 10.4. The first kappa shape index (κ1) is 30.8. The van der Waals surface area contributed by atoms with Crippen molar-refractivity contribution < 1.29 is 35.9 Å². The van der Waals surface area contributed by atoms with Gasteiger partial charge in [-0.25, -0.2) is 13.8 Å². The van der Waals surface area contributed by atoms with Crippen molar-refractivity contribution in [1.82, 2.24) is 5.43 Å². The quantitative estimate of drug-likeness (QED) is 0.207. The lowest BCUT2D eigenvalue weighted by Gasteiger charge is -2.24. The Morgan fingerprint density at radius 3 is 2.40 bits per heavy atom. The maximum absolute atomic E-state index is 13.5. The van der Waals surface area contributed by atoms with Gasteiger partial charge in [0.1, 0.15) is 6.54 Å². The zero-order chi connectivity index (χ0) is 29.3. The Bertz CT molecular complexity index is 1450. The largest absolute Gasteiger partial charge is 0.490 e. The highest BCUT2D eigenvalue weighted by atomic mass is 35.5. The number of alkyl halides is 3. The van der Waals surface area contributed by atoms with Crippen LogP contribution in [-0.4, -0.2) is 40.3 Å². The van der Waals surface area contributed by atoms with Crippen molar-refractivity contribution in [2.24, 2.45) is 5.10 Å². The molecule has 8 nitrogen and oxygen atoms in total. The van der Waals surface area contributed by atoms with E-state index in [1.54, 1.807) is 24.3 Å². The van der Waals surface area contributed by atoms with E-state index < -0.39 is 44.9 Å². The second-order valence-corrected chi connectivity index (χ2v) is 10.5. The van der Waals surface area contributed by atoms with Crippen molar-refractivity contribution in [2.45, 2.75) is 31.3 Å². The Labute approximate surface area is 235 Å².